The zero-order valence-corrected chi connectivity index (χ0v) is 22.1. The summed E-state index contributed by atoms with van der Waals surface area (Å²) in [6.45, 7) is -0.261. The molecule has 3 aromatic carbocycles. The quantitative estimate of drug-likeness (QED) is 0.158. The second-order valence-corrected chi connectivity index (χ2v) is 9.60. The van der Waals surface area contributed by atoms with Crippen molar-refractivity contribution in [3.63, 3.8) is 0 Å². The first-order valence-corrected chi connectivity index (χ1v) is 12.8. The lowest BCUT2D eigenvalue weighted by molar-refractivity contribution is -0.241. The van der Waals surface area contributed by atoms with Gasteiger partial charge in [-0.05, 0) is 36.4 Å². The van der Waals surface area contributed by atoms with Crippen molar-refractivity contribution in [2.75, 3.05) is 13.7 Å². The maximum Gasteiger partial charge on any atom is 0.338 e. The highest BCUT2D eigenvalue weighted by molar-refractivity contribution is 14.1. The van der Waals surface area contributed by atoms with Gasteiger partial charge in [-0.25, -0.2) is 14.4 Å². The van der Waals surface area contributed by atoms with Gasteiger partial charge in [0, 0.05) is 7.11 Å². The van der Waals surface area contributed by atoms with Crippen molar-refractivity contribution in [1.82, 2.24) is 0 Å². The molecule has 0 spiro atoms. The second kappa shape index (κ2) is 12.8. The number of esters is 3. The van der Waals surface area contributed by atoms with E-state index in [1.807, 2.05) is 22.6 Å². The summed E-state index contributed by atoms with van der Waals surface area (Å²) in [4.78, 5) is 38.6. The molecule has 0 unspecified atom stereocenters. The van der Waals surface area contributed by atoms with Crippen LogP contribution < -0.4 is 0 Å². The summed E-state index contributed by atoms with van der Waals surface area (Å²) in [7, 11) is 1.45. The molecule has 1 aliphatic rings. The molecule has 3 aromatic rings. The lowest BCUT2D eigenvalue weighted by atomic mass is 10.0. The molecule has 8 nitrogen and oxygen atoms in total. The molecule has 4 rings (SSSR count). The Morgan fingerprint density at radius 1 is 0.703 bits per heavy atom. The van der Waals surface area contributed by atoms with Crippen LogP contribution in [-0.2, 0) is 23.7 Å². The predicted molar refractivity (Wildman–Crippen MR) is 141 cm³/mol. The van der Waals surface area contributed by atoms with Crippen molar-refractivity contribution in [2.24, 2.45) is 0 Å². The number of hydrogen-bond donors (Lipinski definition) is 0. The Hall–Kier alpha value is -3.28. The van der Waals surface area contributed by atoms with Crippen LogP contribution in [0.3, 0.4) is 0 Å². The van der Waals surface area contributed by atoms with Gasteiger partial charge in [-0.2, -0.15) is 0 Å². The molecule has 9 heteroatoms. The normalized spacial score (nSPS) is 23.0. The van der Waals surface area contributed by atoms with E-state index in [-0.39, 0.29) is 6.61 Å². The van der Waals surface area contributed by atoms with Gasteiger partial charge in [-0.3, -0.25) is 0 Å². The molecule has 1 fully saturated rings. The smallest absolute Gasteiger partial charge is 0.338 e. The summed E-state index contributed by atoms with van der Waals surface area (Å²) in [6, 6.07) is 25.4. The Labute approximate surface area is 228 Å². The number of alkyl halides is 1. The van der Waals surface area contributed by atoms with Gasteiger partial charge in [-0.15, -0.1) is 0 Å². The van der Waals surface area contributed by atoms with E-state index in [9.17, 15) is 14.4 Å². The molecule has 0 N–H and O–H groups in total. The lowest BCUT2D eigenvalue weighted by Crippen LogP contribution is -2.60. The number of carbonyl (C=O) groups is 3. The Kier molecular flexibility index (Phi) is 9.26. The molecule has 1 heterocycles. The highest BCUT2D eigenvalue weighted by atomic mass is 127. The van der Waals surface area contributed by atoms with Crippen molar-refractivity contribution >= 4 is 40.5 Å². The van der Waals surface area contributed by atoms with Crippen LogP contribution in [0.4, 0.5) is 0 Å². The fourth-order valence-corrected chi connectivity index (χ4v) is 4.83. The van der Waals surface area contributed by atoms with E-state index in [4.69, 9.17) is 23.7 Å². The number of halogens is 1. The number of hydrogen-bond acceptors (Lipinski definition) is 8. The van der Waals surface area contributed by atoms with Crippen molar-refractivity contribution < 1.29 is 38.1 Å². The molecule has 0 aromatic heterocycles. The summed E-state index contributed by atoms with van der Waals surface area (Å²) in [6.07, 6.45) is -3.83. The van der Waals surface area contributed by atoms with E-state index in [0.29, 0.717) is 16.7 Å². The van der Waals surface area contributed by atoms with Gasteiger partial charge >= 0.3 is 17.9 Å². The van der Waals surface area contributed by atoms with Crippen molar-refractivity contribution in [2.45, 2.75) is 28.5 Å². The van der Waals surface area contributed by atoms with Crippen LogP contribution in [-0.4, -0.2) is 60.2 Å². The molecule has 192 valence electrons. The third-order valence-corrected chi connectivity index (χ3v) is 6.99. The molecule has 0 bridgehead atoms. The van der Waals surface area contributed by atoms with Gasteiger partial charge in [0.15, 0.2) is 18.5 Å². The Morgan fingerprint density at radius 3 is 1.59 bits per heavy atom. The summed E-state index contributed by atoms with van der Waals surface area (Å²) >= 11 is 2.05. The molecule has 1 saturated heterocycles. The van der Waals surface area contributed by atoms with E-state index in [1.54, 1.807) is 91.0 Å². The van der Waals surface area contributed by atoms with Gasteiger partial charge in [0.05, 0.1) is 16.7 Å². The average Bonchev–Trinajstić information content (AvgIpc) is 2.95. The average molecular weight is 616 g/mol. The largest absolute Gasteiger partial charge is 0.459 e. The molecule has 0 amide bonds. The summed E-state index contributed by atoms with van der Waals surface area (Å²) < 4.78 is 28.2. The van der Waals surface area contributed by atoms with Gasteiger partial charge < -0.3 is 23.7 Å². The minimum absolute atomic E-state index is 0.261. The van der Waals surface area contributed by atoms with Crippen molar-refractivity contribution in [3.8, 4) is 0 Å². The van der Waals surface area contributed by atoms with Gasteiger partial charge in [-0.1, -0.05) is 77.2 Å². The predicted octanol–water partition coefficient (Wildman–Crippen LogP) is 4.47. The van der Waals surface area contributed by atoms with Crippen LogP contribution in [0, 0.1) is 0 Å². The van der Waals surface area contributed by atoms with E-state index >= 15 is 0 Å². The Bertz CT molecular complexity index is 1190. The number of carbonyl (C=O) groups excluding carboxylic acids is 3. The van der Waals surface area contributed by atoms with E-state index in [0.717, 1.165) is 0 Å². The zero-order valence-electron chi connectivity index (χ0n) is 19.9. The van der Waals surface area contributed by atoms with E-state index in [1.165, 1.54) is 7.11 Å². The van der Waals surface area contributed by atoms with Crippen LogP contribution in [0.25, 0.3) is 0 Å². The number of ether oxygens (including phenoxy) is 5. The molecule has 0 aliphatic carbocycles. The zero-order chi connectivity index (χ0) is 26.2. The van der Waals surface area contributed by atoms with Crippen LogP contribution in [0.2, 0.25) is 0 Å². The maximum absolute atomic E-state index is 13.0. The highest BCUT2D eigenvalue weighted by Gasteiger charge is 2.50. The van der Waals surface area contributed by atoms with Gasteiger partial charge in [0.1, 0.15) is 16.6 Å². The minimum atomic E-state index is -1.09. The molecular formula is C28H25IO8. The van der Waals surface area contributed by atoms with Crippen LogP contribution in [0.15, 0.2) is 91.0 Å². The summed E-state index contributed by atoms with van der Waals surface area (Å²) in [5.74, 6) is -1.79. The first-order valence-electron chi connectivity index (χ1n) is 11.5. The molecule has 0 saturated carbocycles. The van der Waals surface area contributed by atoms with Crippen LogP contribution in [0.1, 0.15) is 31.1 Å². The van der Waals surface area contributed by atoms with Crippen LogP contribution in [0.5, 0.6) is 0 Å². The maximum atomic E-state index is 13.0. The number of benzene rings is 3. The van der Waals surface area contributed by atoms with Crippen molar-refractivity contribution in [1.29, 1.82) is 0 Å². The Balaban J connectivity index is 1.60. The highest BCUT2D eigenvalue weighted by Crippen LogP contribution is 2.33. The van der Waals surface area contributed by atoms with E-state index < -0.39 is 46.4 Å². The molecular weight excluding hydrogens is 591 g/mol. The van der Waals surface area contributed by atoms with Gasteiger partial charge in [0.25, 0.3) is 0 Å². The second-order valence-electron chi connectivity index (χ2n) is 8.16. The topological polar surface area (TPSA) is 97.4 Å². The first-order chi connectivity index (χ1) is 18.0. The molecule has 5 atom stereocenters. The molecule has 0 radical (unpaired) electrons. The lowest BCUT2D eigenvalue weighted by Gasteiger charge is -2.42. The summed E-state index contributed by atoms with van der Waals surface area (Å²) in [5, 5.41) is 0. The fourth-order valence-electron chi connectivity index (χ4n) is 3.81. The van der Waals surface area contributed by atoms with Gasteiger partial charge in [0.2, 0.25) is 0 Å². The molecule has 37 heavy (non-hydrogen) atoms. The summed E-state index contributed by atoms with van der Waals surface area (Å²) in [5.41, 5.74) is 1.01. The fraction of sp³-hybridized carbons (Fsp3) is 0.250. The van der Waals surface area contributed by atoms with E-state index in [2.05, 4.69) is 0 Å². The SMILES string of the molecule is CO[C@H]1O[C@H](COC(=O)c2ccccc2)[C@H](OC(=O)c2ccccc2)[C@H](OC(=O)c2ccccc2)[C@@H]1I. The monoisotopic (exact) mass is 616 g/mol. The third kappa shape index (κ3) is 6.73. The van der Waals surface area contributed by atoms with Crippen molar-refractivity contribution in [3.05, 3.63) is 108 Å². The number of rotatable bonds is 8. The van der Waals surface area contributed by atoms with Crippen LogP contribution >= 0.6 is 22.6 Å². The molecule has 1 aliphatic heterocycles. The standard InChI is InChI=1S/C28H25IO8/c1-33-28-22(29)24(37-27(32)20-15-9-4-10-16-20)23(36-26(31)19-13-7-3-8-14-19)21(35-28)17-34-25(30)18-11-5-2-6-12-18/h2-16,21-24,28H,17H2,1H3/t21-,22+,23+,24-,28+/m1/s1. The number of methoxy groups -OCH3 is 1. The first kappa shape index (κ1) is 26.8. The third-order valence-electron chi connectivity index (χ3n) is 5.70. The minimum Gasteiger partial charge on any atom is -0.459 e. The Morgan fingerprint density at radius 2 is 1.14 bits per heavy atom.